The van der Waals surface area contributed by atoms with Gasteiger partial charge in [-0.3, -0.25) is 4.79 Å². The minimum atomic E-state index is -1.01. The molecule has 0 bridgehead atoms. The standard InChI is InChI=1S/C16H27NO3S/c1-2-3-4-12-5-7-13(8-6-12)14(18)17-16(15(19)20)9-10-21-11-16/h12-13H,2-11H2,1H3,(H,17,18)(H,19,20). The summed E-state index contributed by atoms with van der Waals surface area (Å²) in [5, 5.41) is 12.3. The first kappa shape index (κ1) is 16.7. The lowest BCUT2D eigenvalue weighted by atomic mass is 9.79. The van der Waals surface area contributed by atoms with Crippen molar-refractivity contribution in [2.75, 3.05) is 11.5 Å². The van der Waals surface area contributed by atoms with E-state index in [0.29, 0.717) is 12.2 Å². The minimum Gasteiger partial charge on any atom is -0.479 e. The molecular formula is C16H27NO3S. The average Bonchev–Trinajstić information content (AvgIpc) is 2.95. The molecule has 1 heterocycles. The summed E-state index contributed by atoms with van der Waals surface area (Å²) in [6.07, 6.45) is 8.41. The summed E-state index contributed by atoms with van der Waals surface area (Å²) >= 11 is 1.61. The first-order valence-corrected chi connectivity index (χ1v) is 9.36. The monoisotopic (exact) mass is 313 g/mol. The van der Waals surface area contributed by atoms with Gasteiger partial charge >= 0.3 is 5.97 Å². The quantitative estimate of drug-likeness (QED) is 0.791. The summed E-state index contributed by atoms with van der Waals surface area (Å²) in [4.78, 5) is 23.9. The summed E-state index contributed by atoms with van der Waals surface area (Å²) in [7, 11) is 0. The Balaban J connectivity index is 1.83. The van der Waals surface area contributed by atoms with Gasteiger partial charge in [0.2, 0.25) is 5.91 Å². The van der Waals surface area contributed by atoms with Crippen molar-refractivity contribution < 1.29 is 14.7 Å². The third kappa shape index (κ3) is 4.15. The van der Waals surface area contributed by atoms with E-state index in [-0.39, 0.29) is 11.8 Å². The van der Waals surface area contributed by atoms with Crippen LogP contribution in [0, 0.1) is 11.8 Å². The highest BCUT2D eigenvalue weighted by Crippen LogP contribution is 2.34. The largest absolute Gasteiger partial charge is 0.479 e. The predicted molar refractivity (Wildman–Crippen MR) is 85.4 cm³/mol. The fraction of sp³-hybridized carbons (Fsp3) is 0.875. The van der Waals surface area contributed by atoms with E-state index in [0.717, 1.165) is 37.4 Å². The molecule has 1 aliphatic heterocycles. The van der Waals surface area contributed by atoms with Crippen molar-refractivity contribution in [3.63, 3.8) is 0 Å². The first-order chi connectivity index (χ1) is 10.1. The number of aliphatic carboxylic acids is 1. The fourth-order valence-corrected chi connectivity index (χ4v) is 4.76. The molecule has 1 unspecified atom stereocenters. The molecule has 21 heavy (non-hydrogen) atoms. The molecule has 1 aliphatic carbocycles. The number of nitrogens with one attached hydrogen (secondary N) is 1. The van der Waals surface area contributed by atoms with E-state index in [1.807, 2.05) is 0 Å². The van der Waals surface area contributed by atoms with Gasteiger partial charge in [-0.15, -0.1) is 0 Å². The van der Waals surface area contributed by atoms with Crippen molar-refractivity contribution in [2.45, 2.75) is 63.8 Å². The molecule has 2 rings (SSSR count). The Morgan fingerprint density at radius 2 is 2.00 bits per heavy atom. The van der Waals surface area contributed by atoms with Crippen LogP contribution in [0.3, 0.4) is 0 Å². The Bertz CT molecular complexity index is 372. The van der Waals surface area contributed by atoms with Crippen LogP contribution in [0.1, 0.15) is 58.3 Å². The van der Waals surface area contributed by atoms with Crippen molar-refractivity contribution in [2.24, 2.45) is 11.8 Å². The molecule has 0 aromatic rings. The lowest BCUT2D eigenvalue weighted by Gasteiger charge is -2.31. The van der Waals surface area contributed by atoms with Gasteiger partial charge in [-0.1, -0.05) is 26.2 Å². The maximum absolute atomic E-state index is 12.4. The second-order valence-electron chi connectivity index (χ2n) is 6.54. The highest BCUT2D eigenvalue weighted by atomic mass is 32.2. The topological polar surface area (TPSA) is 66.4 Å². The Kier molecular flexibility index (Phi) is 5.97. The number of amides is 1. The maximum atomic E-state index is 12.4. The first-order valence-electron chi connectivity index (χ1n) is 8.20. The van der Waals surface area contributed by atoms with Crippen molar-refractivity contribution in [1.29, 1.82) is 0 Å². The van der Waals surface area contributed by atoms with E-state index in [1.165, 1.54) is 19.3 Å². The number of unbranched alkanes of at least 4 members (excludes halogenated alkanes) is 1. The molecule has 1 saturated carbocycles. The van der Waals surface area contributed by atoms with Gasteiger partial charge in [-0.25, -0.2) is 4.79 Å². The van der Waals surface area contributed by atoms with E-state index in [2.05, 4.69) is 12.2 Å². The molecule has 2 fully saturated rings. The molecule has 0 aromatic carbocycles. The molecule has 0 radical (unpaired) electrons. The lowest BCUT2D eigenvalue weighted by molar-refractivity contribution is -0.147. The second kappa shape index (κ2) is 7.52. The molecular weight excluding hydrogens is 286 g/mol. The van der Waals surface area contributed by atoms with Crippen molar-refractivity contribution in [1.82, 2.24) is 5.32 Å². The Morgan fingerprint density at radius 3 is 2.52 bits per heavy atom. The average molecular weight is 313 g/mol. The third-order valence-corrected chi connectivity index (χ3v) is 6.17. The number of carbonyl (C=O) groups is 2. The van der Waals surface area contributed by atoms with Gasteiger partial charge in [0.15, 0.2) is 0 Å². The normalized spacial score (nSPS) is 32.8. The third-order valence-electron chi connectivity index (χ3n) is 4.98. The molecule has 1 saturated heterocycles. The van der Waals surface area contributed by atoms with E-state index < -0.39 is 11.5 Å². The highest BCUT2D eigenvalue weighted by molar-refractivity contribution is 7.99. The number of thioether (sulfide) groups is 1. The summed E-state index contributed by atoms with van der Waals surface area (Å²) in [6.45, 7) is 2.21. The van der Waals surface area contributed by atoms with Crippen LogP contribution < -0.4 is 5.32 Å². The van der Waals surface area contributed by atoms with Gasteiger partial charge in [-0.05, 0) is 43.8 Å². The van der Waals surface area contributed by atoms with Gasteiger partial charge in [-0.2, -0.15) is 11.8 Å². The summed E-state index contributed by atoms with van der Waals surface area (Å²) in [5.41, 5.74) is -1.01. The van der Waals surface area contributed by atoms with Gasteiger partial charge in [0.25, 0.3) is 0 Å². The SMILES string of the molecule is CCCCC1CCC(C(=O)NC2(C(=O)O)CCSC2)CC1. The van der Waals surface area contributed by atoms with Gasteiger partial charge in [0, 0.05) is 11.7 Å². The predicted octanol–water partition coefficient (Wildman–Crippen LogP) is 3.06. The van der Waals surface area contributed by atoms with E-state index in [9.17, 15) is 14.7 Å². The van der Waals surface area contributed by atoms with Crippen molar-refractivity contribution >= 4 is 23.6 Å². The van der Waals surface area contributed by atoms with Crippen LogP contribution in [-0.4, -0.2) is 34.0 Å². The van der Waals surface area contributed by atoms with Crippen LogP contribution in [0.15, 0.2) is 0 Å². The van der Waals surface area contributed by atoms with E-state index in [1.54, 1.807) is 11.8 Å². The maximum Gasteiger partial charge on any atom is 0.330 e. The fourth-order valence-electron chi connectivity index (χ4n) is 3.43. The smallest absolute Gasteiger partial charge is 0.330 e. The van der Waals surface area contributed by atoms with Gasteiger partial charge < -0.3 is 10.4 Å². The zero-order valence-corrected chi connectivity index (χ0v) is 13.7. The van der Waals surface area contributed by atoms with Crippen LogP contribution >= 0.6 is 11.8 Å². The van der Waals surface area contributed by atoms with Crippen LogP contribution in [0.5, 0.6) is 0 Å². The number of carboxylic acids is 1. The Morgan fingerprint density at radius 1 is 1.29 bits per heavy atom. The lowest BCUT2D eigenvalue weighted by Crippen LogP contribution is -2.56. The highest BCUT2D eigenvalue weighted by Gasteiger charge is 2.44. The molecule has 2 aliphatic rings. The van der Waals surface area contributed by atoms with Gasteiger partial charge in [0.05, 0.1) is 0 Å². The van der Waals surface area contributed by atoms with Crippen LogP contribution in [0.4, 0.5) is 0 Å². The van der Waals surface area contributed by atoms with E-state index >= 15 is 0 Å². The zero-order valence-electron chi connectivity index (χ0n) is 12.9. The zero-order chi connectivity index (χ0) is 15.3. The molecule has 1 amide bonds. The molecule has 0 spiro atoms. The van der Waals surface area contributed by atoms with Crippen molar-refractivity contribution in [3.8, 4) is 0 Å². The summed E-state index contributed by atoms with van der Waals surface area (Å²) in [5.74, 6) is 1.19. The van der Waals surface area contributed by atoms with E-state index in [4.69, 9.17) is 0 Å². The number of rotatable bonds is 6. The summed E-state index contributed by atoms with van der Waals surface area (Å²) in [6, 6.07) is 0. The number of carboxylic acid groups (broad SMARTS) is 1. The van der Waals surface area contributed by atoms with Crippen LogP contribution in [0.2, 0.25) is 0 Å². The molecule has 2 N–H and O–H groups in total. The number of hydrogen-bond donors (Lipinski definition) is 2. The second-order valence-corrected chi connectivity index (χ2v) is 7.64. The molecule has 4 nitrogen and oxygen atoms in total. The molecule has 120 valence electrons. The molecule has 0 aromatic heterocycles. The van der Waals surface area contributed by atoms with Crippen LogP contribution in [0.25, 0.3) is 0 Å². The molecule has 1 atom stereocenters. The Labute approximate surface area is 131 Å². The number of carbonyl (C=O) groups excluding carboxylic acids is 1. The van der Waals surface area contributed by atoms with Crippen molar-refractivity contribution in [3.05, 3.63) is 0 Å². The molecule has 5 heteroatoms. The summed E-state index contributed by atoms with van der Waals surface area (Å²) < 4.78 is 0. The minimum absolute atomic E-state index is 0.0182. The Hall–Kier alpha value is -0.710. The van der Waals surface area contributed by atoms with Gasteiger partial charge in [0.1, 0.15) is 5.54 Å². The van der Waals surface area contributed by atoms with Crippen LogP contribution in [-0.2, 0) is 9.59 Å². The number of hydrogen-bond acceptors (Lipinski definition) is 3.